The highest BCUT2D eigenvalue weighted by Gasteiger charge is 2.22. The van der Waals surface area contributed by atoms with Crippen molar-refractivity contribution in [2.45, 2.75) is 0 Å². The van der Waals surface area contributed by atoms with Crippen LogP contribution in [0.15, 0.2) is 65.6 Å². The van der Waals surface area contributed by atoms with Crippen LogP contribution in [0.1, 0.15) is 10.4 Å². The first kappa shape index (κ1) is 14.8. The predicted octanol–water partition coefficient (Wildman–Crippen LogP) is 1.66. The molecular formula is C17H11N5O3. The Morgan fingerprint density at radius 3 is 2.44 bits per heavy atom. The first-order valence-corrected chi connectivity index (χ1v) is 7.38. The molecule has 0 atom stereocenters. The van der Waals surface area contributed by atoms with E-state index in [9.17, 15) is 14.7 Å². The number of rotatable bonds is 3. The Bertz CT molecular complexity index is 1150. The summed E-state index contributed by atoms with van der Waals surface area (Å²) >= 11 is 0. The first-order chi connectivity index (χ1) is 12.2. The number of aromatic nitrogens is 5. The van der Waals surface area contributed by atoms with E-state index >= 15 is 0 Å². The minimum atomic E-state index is -1.21. The van der Waals surface area contributed by atoms with Gasteiger partial charge in [-0.1, -0.05) is 35.5 Å². The van der Waals surface area contributed by atoms with Gasteiger partial charge in [-0.3, -0.25) is 4.79 Å². The largest absolute Gasteiger partial charge is 0.477 e. The molecule has 8 heteroatoms. The van der Waals surface area contributed by atoms with Crippen LogP contribution in [0.2, 0.25) is 0 Å². The van der Waals surface area contributed by atoms with Crippen LogP contribution >= 0.6 is 0 Å². The highest BCUT2D eigenvalue weighted by atomic mass is 16.4. The van der Waals surface area contributed by atoms with Crippen LogP contribution in [-0.2, 0) is 0 Å². The van der Waals surface area contributed by atoms with Gasteiger partial charge in [0.2, 0.25) is 0 Å². The van der Waals surface area contributed by atoms with Crippen LogP contribution in [0.25, 0.3) is 22.4 Å². The Morgan fingerprint density at radius 2 is 1.68 bits per heavy atom. The normalized spacial score (nSPS) is 10.9. The SMILES string of the molecule is O=C(O)c1cnn(-c2ccccc2)c1-n1nnc2ccccc2c1=O. The van der Waals surface area contributed by atoms with E-state index in [0.717, 1.165) is 4.68 Å². The molecule has 0 radical (unpaired) electrons. The minimum absolute atomic E-state index is 0.0296. The van der Waals surface area contributed by atoms with Crippen LogP contribution in [0.4, 0.5) is 0 Å². The Balaban J connectivity index is 2.05. The minimum Gasteiger partial charge on any atom is -0.477 e. The number of hydrogen-bond acceptors (Lipinski definition) is 5. The average Bonchev–Trinajstić information content (AvgIpc) is 3.08. The molecule has 0 spiro atoms. The molecule has 0 aliphatic rings. The predicted molar refractivity (Wildman–Crippen MR) is 89.2 cm³/mol. The van der Waals surface area contributed by atoms with Crippen molar-refractivity contribution >= 4 is 16.9 Å². The van der Waals surface area contributed by atoms with Gasteiger partial charge < -0.3 is 5.11 Å². The van der Waals surface area contributed by atoms with Gasteiger partial charge in [-0.25, -0.2) is 9.48 Å². The summed E-state index contributed by atoms with van der Waals surface area (Å²) in [6.45, 7) is 0. The lowest BCUT2D eigenvalue weighted by atomic mass is 10.2. The lowest BCUT2D eigenvalue weighted by molar-refractivity contribution is 0.0696. The van der Waals surface area contributed by atoms with Gasteiger partial charge in [0.25, 0.3) is 5.56 Å². The van der Waals surface area contributed by atoms with Crippen LogP contribution < -0.4 is 5.56 Å². The fourth-order valence-electron chi connectivity index (χ4n) is 2.58. The van der Waals surface area contributed by atoms with Crippen molar-refractivity contribution in [1.29, 1.82) is 0 Å². The molecule has 4 rings (SSSR count). The number of hydrogen-bond donors (Lipinski definition) is 1. The van der Waals surface area contributed by atoms with Crippen LogP contribution in [0.5, 0.6) is 0 Å². The summed E-state index contributed by atoms with van der Waals surface area (Å²) in [6.07, 6.45) is 1.19. The van der Waals surface area contributed by atoms with Crippen LogP contribution in [0.3, 0.4) is 0 Å². The van der Waals surface area contributed by atoms with E-state index in [4.69, 9.17) is 0 Å². The standard InChI is InChI=1S/C17H11N5O3/c23-16-12-8-4-5-9-14(12)19-20-22(16)15-13(17(24)25)10-18-21(15)11-6-2-1-3-7-11/h1-10H,(H,24,25). The first-order valence-electron chi connectivity index (χ1n) is 7.38. The molecule has 2 aromatic heterocycles. The quantitative estimate of drug-likeness (QED) is 0.612. The number of carboxylic acids is 1. The Hall–Kier alpha value is -3.81. The summed E-state index contributed by atoms with van der Waals surface area (Å²) in [5, 5.41) is 21.9. The molecule has 0 saturated carbocycles. The Morgan fingerprint density at radius 1 is 0.960 bits per heavy atom. The maximum Gasteiger partial charge on any atom is 0.341 e. The van der Waals surface area contributed by atoms with E-state index in [0.29, 0.717) is 16.6 Å². The maximum absolute atomic E-state index is 12.8. The van der Waals surface area contributed by atoms with Crippen molar-refractivity contribution in [3.63, 3.8) is 0 Å². The summed E-state index contributed by atoms with van der Waals surface area (Å²) in [6, 6.07) is 15.6. The van der Waals surface area contributed by atoms with Gasteiger partial charge in [0.15, 0.2) is 5.82 Å². The third kappa shape index (κ3) is 2.36. The van der Waals surface area contributed by atoms with E-state index in [-0.39, 0.29) is 11.4 Å². The van der Waals surface area contributed by atoms with Crippen molar-refractivity contribution in [3.05, 3.63) is 76.7 Å². The second-order valence-electron chi connectivity index (χ2n) is 5.26. The van der Waals surface area contributed by atoms with E-state index < -0.39 is 11.5 Å². The van der Waals surface area contributed by atoms with Gasteiger partial charge in [-0.15, -0.1) is 5.10 Å². The van der Waals surface area contributed by atoms with Crippen molar-refractivity contribution in [1.82, 2.24) is 24.8 Å². The third-order valence-electron chi connectivity index (χ3n) is 3.74. The highest BCUT2D eigenvalue weighted by Crippen LogP contribution is 2.18. The number of carbonyl (C=O) groups is 1. The second-order valence-corrected chi connectivity index (χ2v) is 5.26. The molecule has 122 valence electrons. The molecule has 2 aromatic carbocycles. The number of aromatic carboxylic acids is 1. The average molecular weight is 333 g/mol. The van der Waals surface area contributed by atoms with Crippen molar-refractivity contribution in [2.24, 2.45) is 0 Å². The van der Waals surface area contributed by atoms with Crippen LogP contribution in [0, 0.1) is 0 Å². The topological polar surface area (TPSA) is 103 Å². The lowest BCUT2D eigenvalue weighted by Gasteiger charge is -2.09. The molecule has 8 nitrogen and oxygen atoms in total. The van der Waals surface area contributed by atoms with Gasteiger partial charge >= 0.3 is 5.97 Å². The zero-order chi connectivity index (χ0) is 17.4. The fourth-order valence-corrected chi connectivity index (χ4v) is 2.58. The van der Waals surface area contributed by atoms with Gasteiger partial charge in [0.05, 0.1) is 17.3 Å². The van der Waals surface area contributed by atoms with Gasteiger partial charge in [-0.2, -0.15) is 9.78 Å². The molecule has 2 heterocycles. The van der Waals surface area contributed by atoms with Gasteiger partial charge in [0, 0.05) is 0 Å². The summed E-state index contributed by atoms with van der Waals surface area (Å²) in [5.41, 5.74) is 0.430. The van der Waals surface area contributed by atoms with Crippen molar-refractivity contribution in [3.8, 4) is 11.5 Å². The maximum atomic E-state index is 12.8. The number of benzene rings is 2. The summed E-state index contributed by atoms with van der Waals surface area (Å²) in [5.74, 6) is -1.18. The number of nitrogens with zero attached hydrogens (tertiary/aromatic N) is 5. The molecule has 0 aliphatic heterocycles. The second kappa shape index (κ2) is 5.68. The fraction of sp³-hybridized carbons (Fsp3) is 0. The summed E-state index contributed by atoms with van der Waals surface area (Å²) in [7, 11) is 0. The lowest BCUT2D eigenvalue weighted by Crippen LogP contribution is -2.26. The monoisotopic (exact) mass is 333 g/mol. The van der Waals surface area contributed by atoms with E-state index in [1.54, 1.807) is 48.5 Å². The summed E-state index contributed by atoms with van der Waals surface area (Å²) in [4.78, 5) is 24.4. The van der Waals surface area contributed by atoms with Crippen molar-refractivity contribution in [2.75, 3.05) is 0 Å². The van der Waals surface area contributed by atoms with E-state index in [1.807, 2.05) is 6.07 Å². The Kier molecular flexibility index (Phi) is 3.35. The molecule has 0 aliphatic carbocycles. The van der Waals surface area contributed by atoms with Crippen molar-refractivity contribution < 1.29 is 9.90 Å². The number of carboxylic acid groups (broad SMARTS) is 1. The van der Waals surface area contributed by atoms with Gasteiger partial charge in [0.1, 0.15) is 11.1 Å². The molecule has 0 unspecified atom stereocenters. The molecule has 0 bridgehead atoms. The molecule has 1 N–H and O–H groups in total. The van der Waals surface area contributed by atoms with E-state index in [2.05, 4.69) is 15.4 Å². The van der Waals surface area contributed by atoms with Gasteiger partial charge in [-0.05, 0) is 24.3 Å². The number of fused-ring (bicyclic) bond motifs is 1. The van der Waals surface area contributed by atoms with Crippen LogP contribution in [-0.4, -0.2) is 35.9 Å². The molecule has 0 amide bonds. The zero-order valence-electron chi connectivity index (χ0n) is 12.8. The summed E-state index contributed by atoms with van der Waals surface area (Å²) < 4.78 is 2.32. The molecular weight excluding hydrogens is 322 g/mol. The highest BCUT2D eigenvalue weighted by molar-refractivity contribution is 5.91. The smallest absolute Gasteiger partial charge is 0.341 e. The molecule has 25 heavy (non-hydrogen) atoms. The molecule has 0 fully saturated rings. The molecule has 4 aromatic rings. The van der Waals surface area contributed by atoms with E-state index in [1.165, 1.54) is 10.9 Å². The number of para-hydroxylation sites is 1. The molecule has 0 saturated heterocycles. The third-order valence-corrected chi connectivity index (χ3v) is 3.74. The zero-order valence-corrected chi connectivity index (χ0v) is 12.8. The Labute approximate surface area is 140 Å².